The van der Waals surface area contributed by atoms with E-state index in [2.05, 4.69) is 0 Å². The number of carbonyl (C=O) groups is 1. The molecule has 0 bridgehead atoms. The van der Waals surface area contributed by atoms with Gasteiger partial charge in [0.25, 0.3) is 0 Å². The third kappa shape index (κ3) is 5.05. The van der Waals surface area contributed by atoms with E-state index in [9.17, 15) is 19.1 Å². The molecular formula is C17H27O4P. The van der Waals surface area contributed by atoms with E-state index in [1.807, 2.05) is 53.7 Å². The Morgan fingerprint density at radius 1 is 1.23 bits per heavy atom. The van der Waals surface area contributed by atoms with E-state index < -0.39 is 13.0 Å². The molecule has 0 radical (unpaired) electrons. The van der Waals surface area contributed by atoms with E-state index in [-0.39, 0.29) is 17.9 Å². The summed E-state index contributed by atoms with van der Waals surface area (Å²) in [5.41, 5.74) is 3.02. The second-order valence-electron chi connectivity index (χ2n) is 7.12. The molecule has 1 aromatic carbocycles. The van der Waals surface area contributed by atoms with Gasteiger partial charge in [0.1, 0.15) is 5.78 Å². The fourth-order valence-electron chi connectivity index (χ4n) is 3.10. The lowest BCUT2D eigenvalue weighted by atomic mass is 9.74. The molecule has 22 heavy (non-hydrogen) atoms. The molecule has 0 aromatic heterocycles. The fraction of sp³-hybridized carbons (Fsp3) is 0.588. The molecule has 0 aliphatic rings. The Morgan fingerprint density at radius 3 is 2.23 bits per heavy atom. The van der Waals surface area contributed by atoms with Gasteiger partial charge in [0, 0.05) is 12.3 Å². The SMILES string of the molecule is Cc1cc(C)c(C(C)(C)CC(=O)C(C)C)c(CP(=O)(O)O)c1. The van der Waals surface area contributed by atoms with E-state index in [1.54, 1.807) is 0 Å². The highest BCUT2D eigenvalue weighted by molar-refractivity contribution is 7.50. The van der Waals surface area contributed by atoms with E-state index in [0.29, 0.717) is 12.0 Å². The van der Waals surface area contributed by atoms with Crippen molar-refractivity contribution < 1.29 is 19.1 Å². The zero-order valence-electron chi connectivity index (χ0n) is 14.3. The third-order valence-corrected chi connectivity index (χ3v) is 4.63. The monoisotopic (exact) mass is 326 g/mol. The highest BCUT2D eigenvalue weighted by atomic mass is 31.2. The minimum Gasteiger partial charge on any atom is -0.324 e. The lowest BCUT2D eigenvalue weighted by Gasteiger charge is -2.30. The predicted octanol–water partition coefficient (Wildman–Crippen LogP) is 3.87. The maximum atomic E-state index is 12.2. The number of rotatable bonds is 6. The average molecular weight is 326 g/mol. The van der Waals surface area contributed by atoms with Crippen molar-refractivity contribution in [3.05, 3.63) is 34.4 Å². The first-order valence-electron chi connectivity index (χ1n) is 7.51. The van der Waals surface area contributed by atoms with Gasteiger partial charge in [0.2, 0.25) is 0 Å². The van der Waals surface area contributed by atoms with Gasteiger partial charge in [-0.15, -0.1) is 0 Å². The molecule has 0 spiro atoms. The van der Waals surface area contributed by atoms with Crippen molar-refractivity contribution in [2.75, 3.05) is 0 Å². The molecule has 1 aromatic rings. The van der Waals surface area contributed by atoms with Crippen molar-refractivity contribution in [2.24, 2.45) is 5.92 Å². The molecule has 0 atom stereocenters. The molecule has 124 valence electrons. The van der Waals surface area contributed by atoms with Crippen LogP contribution in [0.4, 0.5) is 0 Å². The minimum absolute atomic E-state index is 0.0461. The van der Waals surface area contributed by atoms with Crippen molar-refractivity contribution in [3.63, 3.8) is 0 Å². The van der Waals surface area contributed by atoms with Crippen LogP contribution in [0.1, 0.15) is 56.4 Å². The summed E-state index contributed by atoms with van der Waals surface area (Å²) < 4.78 is 11.5. The highest BCUT2D eigenvalue weighted by Gasteiger charge is 2.31. The van der Waals surface area contributed by atoms with Gasteiger partial charge >= 0.3 is 7.60 Å². The molecule has 0 unspecified atom stereocenters. The summed E-state index contributed by atoms with van der Waals surface area (Å²) >= 11 is 0. The highest BCUT2D eigenvalue weighted by Crippen LogP contribution is 2.44. The van der Waals surface area contributed by atoms with E-state index >= 15 is 0 Å². The standard InChI is InChI=1S/C17H27O4P/c1-11(2)15(18)9-17(5,6)16-13(4)7-12(3)8-14(16)10-22(19,20)21/h7-8,11H,9-10H2,1-6H3,(H2,19,20,21). The predicted molar refractivity (Wildman–Crippen MR) is 89.2 cm³/mol. The van der Waals surface area contributed by atoms with Crippen LogP contribution < -0.4 is 0 Å². The number of Topliss-reactive ketones (excluding diaryl/α,β-unsaturated/α-hetero) is 1. The molecule has 0 saturated carbocycles. The second-order valence-corrected chi connectivity index (χ2v) is 8.77. The van der Waals surface area contributed by atoms with Gasteiger partial charge in [-0.3, -0.25) is 9.36 Å². The van der Waals surface area contributed by atoms with E-state index in [4.69, 9.17) is 0 Å². The van der Waals surface area contributed by atoms with Gasteiger partial charge < -0.3 is 9.79 Å². The first-order chi connectivity index (χ1) is 9.83. The van der Waals surface area contributed by atoms with Crippen LogP contribution in [0.15, 0.2) is 12.1 Å². The number of carbonyl (C=O) groups excluding carboxylic acids is 1. The van der Waals surface area contributed by atoms with Crippen LogP contribution in [0.25, 0.3) is 0 Å². The minimum atomic E-state index is -4.16. The molecule has 4 nitrogen and oxygen atoms in total. The summed E-state index contributed by atoms with van der Waals surface area (Å²) in [4.78, 5) is 30.9. The van der Waals surface area contributed by atoms with Gasteiger partial charge in [-0.05, 0) is 36.0 Å². The molecular weight excluding hydrogens is 299 g/mol. The Labute approximate surface area is 133 Å². The number of aryl methyl sites for hydroxylation is 2. The molecule has 0 fully saturated rings. The van der Waals surface area contributed by atoms with Crippen molar-refractivity contribution in [2.45, 2.75) is 59.5 Å². The summed E-state index contributed by atoms with van der Waals surface area (Å²) in [6, 6.07) is 3.82. The average Bonchev–Trinajstić information content (AvgIpc) is 2.23. The van der Waals surface area contributed by atoms with Crippen molar-refractivity contribution in [1.29, 1.82) is 0 Å². The Hall–Kier alpha value is -0.960. The molecule has 2 N–H and O–H groups in total. The number of benzene rings is 1. The Bertz CT molecular complexity index is 611. The van der Waals surface area contributed by atoms with Crippen molar-refractivity contribution in [1.82, 2.24) is 0 Å². The summed E-state index contributed by atoms with van der Waals surface area (Å²) in [7, 11) is -4.16. The summed E-state index contributed by atoms with van der Waals surface area (Å²) in [5.74, 6) is 0.113. The maximum Gasteiger partial charge on any atom is 0.329 e. The van der Waals surface area contributed by atoms with Crippen molar-refractivity contribution >= 4 is 13.4 Å². The molecule has 0 aliphatic carbocycles. The Balaban J connectivity index is 3.38. The largest absolute Gasteiger partial charge is 0.329 e. The Morgan fingerprint density at radius 2 is 1.77 bits per heavy atom. The fourth-order valence-corrected chi connectivity index (χ4v) is 3.79. The zero-order valence-corrected chi connectivity index (χ0v) is 15.2. The molecule has 0 saturated heterocycles. The first kappa shape index (κ1) is 19.1. The van der Waals surface area contributed by atoms with Crippen LogP contribution in [0, 0.1) is 19.8 Å². The lowest BCUT2D eigenvalue weighted by molar-refractivity contribution is -0.122. The van der Waals surface area contributed by atoms with E-state index in [1.165, 1.54) is 0 Å². The second kappa shape index (κ2) is 6.66. The van der Waals surface area contributed by atoms with Crippen LogP contribution in [0.2, 0.25) is 0 Å². The quantitative estimate of drug-likeness (QED) is 0.778. The molecule has 0 aliphatic heterocycles. The smallest absolute Gasteiger partial charge is 0.324 e. The first-order valence-corrected chi connectivity index (χ1v) is 9.31. The topological polar surface area (TPSA) is 74.6 Å². The molecule has 0 amide bonds. The van der Waals surface area contributed by atoms with Crippen LogP contribution in [0.5, 0.6) is 0 Å². The van der Waals surface area contributed by atoms with E-state index in [0.717, 1.165) is 16.7 Å². The molecule has 5 heteroatoms. The van der Waals surface area contributed by atoms with Gasteiger partial charge in [-0.2, -0.15) is 0 Å². The normalized spacial score (nSPS) is 12.8. The van der Waals surface area contributed by atoms with Crippen LogP contribution in [0.3, 0.4) is 0 Å². The molecule has 0 heterocycles. The third-order valence-electron chi connectivity index (χ3n) is 3.87. The maximum absolute atomic E-state index is 12.2. The number of hydrogen-bond donors (Lipinski definition) is 2. The number of ketones is 1. The van der Waals surface area contributed by atoms with Gasteiger partial charge in [-0.1, -0.05) is 45.4 Å². The Kier molecular flexibility index (Phi) is 5.77. The van der Waals surface area contributed by atoms with Crippen LogP contribution in [-0.2, 0) is 20.9 Å². The number of hydrogen-bond acceptors (Lipinski definition) is 2. The molecule has 1 rings (SSSR count). The summed E-state index contributed by atoms with van der Waals surface area (Å²) in [6.45, 7) is 11.5. The van der Waals surface area contributed by atoms with Crippen LogP contribution in [-0.4, -0.2) is 15.6 Å². The summed E-state index contributed by atoms with van der Waals surface area (Å²) in [5, 5.41) is 0. The van der Waals surface area contributed by atoms with Gasteiger partial charge in [-0.25, -0.2) is 0 Å². The zero-order chi connectivity index (χ0) is 17.3. The summed E-state index contributed by atoms with van der Waals surface area (Å²) in [6.07, 6.45) is 0.0763. The van der Waals surface area contributed by atoms with Crippen LogP contribution >= 0.6 is 7.60 Å². The van der Waals surface area contributed by atoms with Gasteiger partial charge in [0.15, 0.2) is 0 Å². The van der Waals surface area contributed by atoms with Crippen molar-refractivity contribution in [3.8, 4) is 0 Å². The lowest BCUT2D eigenvalue weighted by Crippen LogP contribution is -2.27. The van der Waals surface area contributed by atoms with Gasteiger partial charge in [0.05, 0.1) is 6.16 Å².